The number of rotatable bonds is 8. The number of benzene rings is 8. The Bertz CT molecular complexity index is 2520. The predicted molar refractivity (Wildman–Crippen MR) is 224 cm³/mol. The van der Waals surface area contributed by atoms with Crippen LogP contribution in [0, 0.1) is 0 Å². The summed E-state index contributed by atoms with van der Waals surface area (Å²) < 4.78 is 0. The van der Waals surface area contributed by atoms with Gasteiger partial charge in [-0.05, 0) is 99.6 Å². The third kappa shape index (κ3) is 5.89. The summed E-state index contributed by atoms with van der Waals surface area (Å²) >= 11 is 0. The van der Waals surface area contributed by atoms with Crippen LogP contribution < -0.4 is 9.80 Å². The number of hydrogen-bond donors (Lipinski definition) is 0. The van der Waals surface area contributed by atoms with Gasteiger partial charge in [-0.1, -0.05) is 159 Å². The van der Waals surface area contributed by atoms with Gasteiger partial charge in [-0.3, -0.25) is 0 Å². The molecule has 2 heteroatoms. The van der Waals surface area contributed by atoms with E-state index in [4.69, 9.17) is 0 Å². The van der Waals surface area contributed by atoms with Crippen molar-refractivity contribution in [1.29, 1.82) is 0 Å². The second-order valence-corrected chi connectivity index (χ2v) is 14.2. The van der Waals surface area contributed by atoms with Crippen molar-refractivity contribution in [2.75, 3.05) is 9.80 Å². The van der Waals surface area contributed by atoms with Gasteiger partial charge in [-0.25, -0.2) is 0 Å². The molecule has 1 aliphatic rings. The lowest BCUT2D eigenvalue weighted by molar-refractivity contribution is 0.660. The van der Waals surface area contributed by atoms with E-state index in [1.165, 1.54) is 44.5 Å². The number of para-hydroxylation sites is 2. The van der Waals surface area contributed by atoms with Gasteiger partial charge in [0.1, 0.15) is 0 Å². The maximum Gasteiger partial charge on any atom is 0.0564 e. The molecule has 1 aliphatic carbocycles. The van der Waals surface area contributed by atoms with E-state index in [-0.39, 0.29) is 5.41 Å². The minimum absolute atomic E-state index is 0.223. The van der Waals surface area contributed by atoms with E-state index in [2.05, 4.69) is 230 Å². The Morgan fingerprint density at radius 1 is 0.321 bits per heavy atom. The fourth-order valence-corrected chi connectivity index (χ4v) is 8.02. The van der Waals surface area contributed by atoms with Crippen LogP contribution in [-0.2, 0) is 5.41 Å². The summed E-state index contributed by atoms with van der Waals surface area (Å²) in [6, 6.07) is 74.5. The fourth-order valence-electron chi connectivity index (χ4n) is 8.02. The zero-order chi connectivity index (χ0) is 35.8. The Hall–Kier alpha value is -6.64. The highest BCUT2D eigenvalue weighted by Gasteiger charge is 2.39. The van der Waals surface area contributed by atoms with Crippen LogP contribution in [0.1, 0.15) is 25.0 Å². The summed E-state index contributed by atoms with van der Waals surface area (Å²) in [7, 11) is 0. The monoisotopic (exact) mass is 680 g/mol. The fraction of sp³-hybridized carbons (Fsp3) is 0.0588. The van der Waals surface area contributed by atoms with Gasteiger partial charge in [0.05, 0.1) is 5.69 Å². The van der Waals surface area contributed by atoms with Crippen LogP contribution in [0.15, 0.2) is 206 Å². The van der Waals surface area contributed by atoms with Crippen LogP contribution in [0.25, 0.3) is 33.4 Å². The molecule has 0 heterocycles. The molecule has 0 bridgehead atoms. The van der Waals surface area contributed by atoms with Crippen LogP contribution in [0.3, 0.4) is 0 Å². The first kappa shape index (κ1) is 32.3. The van der Waals surface area contributed by atoms with E-state index >= 15 is 0 Å². The molecule has 0 atom stereocenters. The molecule has 0 aliphatic heterocycles. The number of nitrogens with zero attached hydrogens (tertiary/aromatic N) is 2. The standard InChI is InChI=1S/C51H40N2/c1-51(2)47-32-16-15-31-46(47)50-48(51)35-45(52(41-25-11-5-12-26-41)43-29-17-23-39(33-43)37-19-7-3-8-20-37)36-49(50)53(42-27-13-6-14-28-42)44-30-18-24-40(34-44)38-21-9-4-10-22-38/h3-36H,1-2H3. The summed E-state index contributed by atoms with van der Waals surface area (Å²) in [6.07, 6.45) is 0. The van der Waals surface area contributed by atoms with Crippen molar-refractivity contribution < 1.29 is 0 Å². The first-order chi connectivity index (χ1) is 26.1. The SMILES string of the molecule is CC1(C)c2ccccc2-c2c(N(c3ccccc3)c3cccc(-c4ccccc4)c3)cc(N(c3ccccc3)c3cccc(-c4ccccc4)c3)cc21. The smallest absolute Gasteiger partial charge is 0.0564 e. The molecule has 0 N–H and O–H groups in total. The molecule has 53 heavy (non-hydrogen) atoms. The molecule has 8 aromatic rings. The topological polar surface area (TPSA) is 6.48 Å². The van der Waals surface area contributed by atoms with Gasteiger partial charge in [0.15, 0.2) is 0 Å². The van der Waals surface area contributed by atoms with Crippen molar-refractivity contribution in [3.63, 3.8) is 0 Å². The lowest BCUT2D eigenvalue weighted by Crippen LogP contribution is -2.18. The molecule has 0 amide bonds. The van der Waals surface area contributed by atoms with Gasteiger partial charge < -0.3 is 9.80 Å². The van der Waals surface area contributed by atoms with E-state index in [0.717, 1.165) is 34.1 Å². The Labute approximate surface area is 312 Å². The number of anilines is 6. The molecule has 0 fully saturated rings. The molecular weight excluding hydrogens is 641 g/mol. The lowest BCUT2D eigenvalue weighted by atomic mass is 9.82. The molecule has 0 spiro atoms. The summed E-state index contributed by atoms with van der Waals surface area (Å²) in [6.45, 7) is 4.74. The molecule has 0 radical (unpaired) electrons. The molecule has 0 aromatic heterocycles. The zero-order valence-electron chi connectivity index (χ0n) is 30.0. The molecule has 0 unspecified atom stereocenters. The van der Waals surface area contributed by atoms with Crippen molar-refractivity contribution in [3.05, 3.63) is 217 Å². The highest BCUT2D eigenvalue weighted by Crippen LogP contribution is 2.56. The second-order valence-electron chi connectivity index (χ2n) is 14.2. The van der Waals surface area contributed by atoms with Gasteiger partial charge in [0.2, 0.25) is 0 Å². The van der Waals surface area contributed by atoms with Crippen LogP contribution in [0.5, 0.6) is 0 Å². The minimum atomic E-state index is -0.223. The van der Waals surface area contributed by atoms with Crippen molar-refractivity contribution in [3.8, 4) is 33.4 Å². The van der Waals surface area contributed by atoms with Crippen molar-refractivity contribution >= 4 is 34.1 Å². The van der Waals surface area contributed by atoms with E-state index in [1.54, 1.807) is 0 Å². The van der Waals surface area contributed by atoms with Gasteiger partial charge in [-0.2, -0.15) is 0 Å². The molecule has 0 saturated carbocycles. The zero-order valence-corrected chi connectivity index (χ0v) is 30.0. The average Bonchev–Trinajstić information content (AvgIpc) is 3.46. The minimum Gasteiger partial charge on any atom is -0.310 e. The Kier molecular flexibility index (Phi) is 8.21. The lowest BCUT2D eigenvalue weighted by Gasteiger charge is -2.33. The van der Waals surface area contributed by atoms with E-state index in [9.17, 15) is 0 Å². The molecule has 254 valence electrons. The number of fused-ring (bicyclic) bond motifs is 3. The summed E-state index contributed by atoms with van der Waals surface area (Å²) in [5, 5.41) is 0. The molecular formula is C51H40N2. The summed E-state index contributed by atoms with van der Waals surface area (Å²) in [5.74, 6) is 0. The second kappa shape index (κ2) is 13.5. The normalized spacial score (nSPS) is 12.5. The Morgan fingerprint density at radius 2 is 0.755 bits per heavy atom. The van der Waals surface area contributed by atoms with Crippen molar-refractivity contribution in [2.24, 2.45) is 0 Å². The van der Waals surface area contributed by atoms with Crippen LogP contribution in [0.2, 0.25) is 0 Å². The molecule has 9 rings (SSSR count). The van der Waals surface area contributed by atoms with E-state index in [1.807, 2.05) is 0 Å². The number of hydrogen-bond acceptors (Lipinski definition) is 2. The summed E-state index contributed by atoms with van der Waals surface area (Å²) in [5.41, 5.74) is 16.4. The maximum atomic E-state index is 2.45. The van der Waals surface area contributed by atoms with Crippen molar-refractivity contribution in [1.82, 2.24) is 0 Å². The quantitative estimate of drug-likeness (QED) is 0.158. The first-order valence-corrected chi connectivity index (χ1v) is 18.4. The molecule has 0 saturated heterocycles. The Balaban J connectivity index is 1.33. The predicted octanol–water partition coefficient (Wildman–Crippen LogP) is 14.3. The summed E-state index contributed by atoms with van der Waals surface area (Å²) in [4.78, 5) is 4.87. The molecule has 8 aromatic carbocycles. The highest BCUT2D eigenvalue weighted by molar-refractivity contribution is 5.98. The van der Waals surface area contributed by atoms with Gasteiger partial charge in [-0.15, -0.1) is 0 Å². The van der Waals surface area contributed by atoms with Crippen molar-refractivity contribution in [2.45, 2.75) is 19.3 Å². The van der Waals surface area contributed by atoms with Gasteiger partial charge in [0, 0.05) is 39.4 Å². The highest BCUT2D eigenvalue weighted by atomic mass is 15.2. The van der Waals surface area contributed by atoms with Crippen LogP contribution in [0.4, 0.5) is 34.1 Å². The largest absolute Gasteiger partial charge is 0.310 e. The molecule has 2 nitrogen and oxygen atoms in total. The van der Waals surface area contributed by atoms with E-state index in [0.29, 0.717) is 0 Å². The average molecular weight is 681 g/mol. The van der Waals surface area contributed by atoms with E-state index < -0.39 is 0 Å². The maximum absolute atomic E-state index is 2.45. The third-order valence-corrected chi connectivity index (χ3v) is 10.6. The first-order valence-electron chi connectivity index (χ1n) is 18.4. The van der Waals surface area contributed by atoms with Gasteiger partial charge in [0.25, 0.3) is 0 Å². The van der Waals surface area contributed by atoms with Crippen LogP contribution >= 0.6 is 0 Å². The van der Waals surface area contributed by atoms with Crippen LogP contribution in [-0.4, -0.2) is 0 Å². The Morgan fingerprint density at radius 3 is 1.32 bits per heavy atom. The van der Waals surface area contributed by atoms with Gasteiger partial charge >= 0.3 is 0 Å². The third-order valence-electron chi connectivity index (χ3n) is 10.6.